The molecule has 0 saturated carbocycles. The number of benzene rings is 2. The minimum Gasteiger partial charge on any atom is -0.497 e. The Kier molecular flexibility index (Phi) is 6.41. The van der Waals surface area contributed by atoms with Gasteiger partial charge >= 0.3 is 0 Å². The van der Waals surface area contributed by atoms with E-state index in [0.717, 1.165) is 22.8 Å². The van der Waals surface area contributed by atoms with Crippen molar-refractivity contribution in [1.29, 1.82) is 0 Å². The molecule has 1 saturated heterocycles. The second-order valence-electron chi connectivity index (χ2n) is 9.27. The van der Waals surface area contributed by atoms with Crippen LogP contribution in [0.2, 0.25) is 0 Å². The highest BCUT2D eigenvalue weighted by molar-refractivity contribution is 7.80. The third-order valence-electron chi connectivity index (χ3n) is 6.86. The summed E-state index contributed by atoms with van der Waals surface area (Å²) in [5.74, 6) is 0.814. The van der Waals surface area contributed by atoms with Crippen molar-refractivity contribution < 1.29 is 4.74 Å². The number of thiocarbonyl (C=S) groups is 1. The molecule has 3 heterocycles. The molecule has 1 aliphatic rings. The van der Waals surface area contributed by atoms with Gasteiger partial charge in [-0.3, -0.25) is 4.98 Å². The molecular formula is C29H31N5OS. The average molecular weight is 498 g/mol. The molecule has 1 aliphatic heterocycles. The molecule has 4 aromatic rings. The first-order chi connectivity index (χ1) is 17.4. The molecular weight excluding hydrogens is 466 g/mol. The highest BCUT2D eigenvalue weighted by atomic mass is 32.1. The third kappa shape index (κ3) is 4.20. The van der Waals surface area contributed by atoms with E-state index in [9.17, 15) is 0 Å². The number of aromatic nitrogens is 2. The Bertz CT molecular complexity index is 1360. The summed E-state index contributed by atoms with van der Waals surface area (Å²) in [5, 5.41) is 4.24. The standard InChI is InChI=1S/C29H31N5OS/c1-19-18-25(20(2)33(19)22-11-9-21(10-12-22)32(3)4)28-27(26-8-6-7-17-30-26)31-29(36)34(28)23-13-15-24(35-5)16-14-23/h6-18,27-28H,1-5H3,(H,31,36)/t27-,28+/m0/s1. The van der Waals surface area contributed by atoms with Gasteiger partial charge in [0.15, 0.2) is 5.11 Å². The third-order valence-corrected chi connectivity index (χ3v) is 7.18. The maximum absolute atomic E-state index is 5.90. The molecule has 2 aromatic heterocycles. The molecule has 0 radical (unpaired) electrons. The summed E-state index contributed by atoms with van der Waals surface area (Å²) in [6.07, 6.45) is 1.84. The number of ether oxygens (including phenoxy) is 1. The predicted molar refractivity (Wildman–Crippen MR) is 150 cm³/mol. The van der Waals surface area contributed by atoms with Crippen LogP contribution in [-0.4, -0.2) is 35.9 Å². The molecule has 184 valence electrons. The van der Waals surface area contributed by atoms with Crippen molar-refractivity contribution in [1.82, 2.24) is 14.9 Å². The van der Waals surface area contributed by atoms with E-state index in [1.807, 2.05) is 30.5 Å². The van der Waals surface area contributed by atoms with Crippen molar-refractivity contribution in [3.05, 3.63) is 102 Å². The smallest absolute Gasteiger partial charge is 0.174 e. The Balaban J connectivity index is 1.63. The van der Waals surface area contributed by atoms with Crippen LogP contribution in [0.4, 0.5) is 11.4 Å². The van der Waals surface area contributed by atoms with Gasteiger partial charge in [0.2, 0.25) is 0 Å². The molecule has 1 N–H and O–H groups in total. The van der Waals surface area contributed by atoms with Crippen molar-refractivity contribution in [3.8, 4) is 11.4 Å². The summed E-state index contributed by atoms with van der Waals surface area (Å²) in [7, 11) is 5.79. The fraction of sp³-hybridized carbons (Fsp3) is 0.241. The highest BCUT2D eigenvalue weighted by Crippen LogP contribution is 2.44. The number of rotatable bonds is 6. The monoisotopic (exact) mass is 497 g/mol. The highest BCUT2D eigenvalue weighted by Gasteiger charge is 2.42. The number of hydrogen-bond acceptors (Lipinski definition) is 4. The lowest BCUT2D eigenvalue weighted by molar-refractivity contribution is 0.415. The summed E-state index contributed by atoms with van der Waals surface area (Å²) in [5.41, 5.74) is 7.85. The van der Waals surface area contributed by atoms with E-state index in [1.54, 1.807) is 7.11 Å². The molecule has 7 heteroatoms. The van der Waals surface area contributed by atoms with Crippen LogP contribution in [-0.2, 0) is 0 Å². The number of nitrogens with one attached hydrogen (secondary N) is 1. The van der Waals surface area contributed by atoms with Crippen molar-refractivity contribution >= 4 is 28.7 Å². The van der Waals surface area contributed by atoms with Gasteiger partial charge in [-0.15, -0.1) is 0 Å². The second-order valence-corrected chi connectivity index (χ2v) is 9.65. The molecule has 5 rings (SSSR count). The van der Waals surface area contributed by atoms with E-state index >= 15 is 0 Å². The minimum atomic E-state index is -0.0918. The van der Waals surface area contributed by atoms with E-state index in [2.05, 4.69) is 101 Å². The van der Waals surface area contributed by atoms with E-state index in [1.165, 1.54) is 22.6 Å². The van der Waals surface area contributed by atoms with E-state index in [4.69, 9.17) is 17.0 Å². The molecule has 6 nitrogen and oxygen atoms in total. The lowest BCUT2D eigenvalue weighted by Gasteiger charge is -2.28. The van der Waals surface area contributed by atoms with Crippen LogP contribution in [0, 0.1) is 13.8 Å². The number of methoxy groups -OCH3 is 1. The Hall–Kier alpha value is -3.84. The van der Waals surface area contributed by atoms with Gasteiger partial charge < -0.3 is 24.4 Å². The average Bonchev–Trinajstić information content (AvgIpc) is 3.39. The summed E-state index contributed by atoms with van der Waals surface area (Å²) in [4.78, 5) is 9.00. The van der Waals surface area contributed by atoms with E-state index in [-0.39, 0.29) is 12.1 Å². The van der Waals surface area contributed by atoms with Crippen LogP contribution in [0.15, 0.2) is 79.0 Å². The molecule has 0 unspecified atom stereocenters. The van der Waals surface area contributed by atoms with Gasteiger partial charge in [-0.2, -0.15) is 0 Å². The van der Waals surface area contributed by atoms with Gasteiger partial charge in [-0.1, -0.05) is 6.07 Å². The summed E-state index contributed by atoms with van der Waals surface area (Å²) >= 11 is 5.90. The maximum atomic E-state index is 5.90. The largest absolute Gasteiger partial charge is 0.497 e. The first kappa shape index (κ1) is 23.9. The summed E-state index contributed by atoms with van der Waals surface area (Å²) in [6.45, 7) is 4.34. The van der Waals surface area contributed by atoms with Crippen LogP contribution < -0.4 is 19.9 Å². The topological polar surface area (TPSA) is 45.6 Å². The van der Waals surface area contributed by atoms with Gasteiger partial charge in [0.05, 0.1) is 24.9 Å². The summed E-state index contributed by atoms with van der Waals surface area (Å²) in [6, 6.07) is 24.9. The van der Waals surface area contributed by atoms with E-state index < -0.39 is 0 Å². The zero-order valence-corrected chi connectivity index (χ0v) is 22.1. The number of hydrogen-bond donors (Lipinski definition) is 1. The molecule has 2 aromatic carbocycles. The molecule has 0 spiro atoms. The van der Waals surface area contributed by atoms with Crippen LogP contribution in [0.1, 0.15) is 34.7 Å². The van der Waals surface area contributed by atoms with Gasteiger partial charge in [-0.25, -0.2) is 0 Å². The van der Waals surface area contributed by atoms with Crippen molar-refractivity contribution in [2.24, 2.45) is 0 Å². The number of aryl methyl sites for hydroxylation is 1. The SMILES string of the molecule is COc1ccc(N2C(=S)N[C@@H](c3ccccn3)[C@H]2c2cc(C)n(-c3ccc(N(C)C)cc3)c2C)cc1. The first-order valence-corrected chi connectivity index (χ1v) is 12.4. The quantitative estimate of drug-likeness (QED) is 0.343. The number of pyridine rings is 1. The minimum absolute atomic E-state index is 0.0678. The Morgan fingerprint density at radius 2 is 1.64 bits per heavy atom. The van der Waals surface area contributed by atoms with Crippen LogP contribution in [0.5, 0.6) is 5.75 Å². The van der Waals surface area contributed by atoms with Gasteiger partial charge in [0.25, 0.3) is 0 Å². The second kappa shape index (κ2) is 9.66. The van der Waals surface area contributed by atoms with Crippen molar-refractivity contribution in [3.63, 3.8) is 0 Å². The molecule has 0 aliphatic carbocycles. The van der Waals surface area contributed by atoms with Gasteiger partial charge in [0, 0.05) is 48.7 Å². The van der Waals surface area contributed by atoms with Gasteiger partial charge in [0.1, 0.15) is 5.75 Å². The molecule has 1 fully saturated rings. The normalized spacial score (nSPS) is 17.2. The van der Waals surface area contributed by atoms with Crippen molar-refractivity contribution in [2.45, 2.75) is 25.9 Å². The molecule has 0 amide bonds. The zero-order chi connectivity index (χ0) is 25.4. The predicted octanol–water partition coefficient (Wildman–Crippen LogP) is 5.74. The summed E-state index contributed by atoms with van der Waals surface area (Å²) < 4.78 is 7.70. The maximum Gasteiger partial charge on any atom is 0.174 e. The zero-order valence-electron chi connectivity index (χ0n) is 21.3. The number of nitrogens with zero attached hydrogens (tertiary/aromatic N) is 4. The van der Waals surface area contributed by atoms with Crippen LogP contribution in [0.3, 0.4) is 0 Å². The number of anilines is 2. The van der Waals surface area contributed by atoms with Crippen LogP contribution in [0.25, 0.3) is 5.69 Å². The Morgan fingerprint density at radius 1 is 0.944 bits per heavy atom. The van der Waals surface area contributed by atoms with E-state index in [0.29, 0.717) is 5.11 Å². The fourth-order valence-electron chi connectivity index (χ4n) is 5.08. The Labute approximate surface area is 218 Å². The lowest BCUT2D eigenvalue weighted by Crippen LogP contribution is -2.29. The lowest BCUT2D eigenvalue weighted by atomic mass is 9.96. The first-order valence-electron chi connectivity index (χ1n) is 12.0. The Morgan fingerprint density at radius 3 is 2.25 bits per heavy atom. The molecule has 0 bridgehead atoms. The fourth-order valence-corrected chi connectivity index (χ4v) is 5.42. The van der Waals surface area contributed by atoms with Gasteiger partial charge in [-0.05, 0) is 98.4 Å². The molecule has 2 atom stereocenters. The molecule has 36 heavy (non-hydrogen) atoms. The van der Waals surface area contributed by atoms with Crippen molar-refractivity contribution in [2.75, 3.05) is 31.0 Å². The van der Waals surface area contributed by atoms with Crippen LogP contribution >= 0.6 is 12.2 Å².